The van der Waals surface area contributed by atoms with E-state index in [1.54, 1.807) is 21.6 Å². The van der Waals surface area contributed by atoms with Gasteiger partial charge in [-0.1, -0.05) is 0 Å². The Hall–Kier alpha value is -3.53. The van der Waals surface area contributed by atoms with Crippen LogP contribution in [0.25, 0.3) is 5.65 Å². The van der Waals surface area contributed by atoms with E-state index in [-0.39, 0.29) is 43.3 Å². The van der Waals surface area contributed by atoms with Gasteiger partial charge in [-0.2, -0.15) is 35.0 Å². The van der Waals surface area contributed by atoms with E-state index in [4.69, 9.17) is 4.98 Å². The van der Waals surface area contributed by atoms with Gasteiger partial charge in [0.05, 0.1) is 23.5 Å². The Morgan fingerprint density at radius 1 is 1.02 bits per heavy atom. The average molecular weight is 659 g/mol. The molecule has 0 spiro atoms. The molecule has 3 aromatic rings. The van der Waals surface area contributed by atoms with Crippen molar-refractivity contribution in [3.05, 3.63) is 30.7 Å². The van der Waals surface area contributed by atoms with Gasteiger partial charge < -0.3 is 20.0 Å². The van der Waals surface area contributed by atoms with Crippen LogP contribution >= 0.6 is 11.8 Å². The minimum absolute atomic E-state index is 0.0313. The molecule has 4 aliphatic heterocycles. The number of carbonyl (C=O) groups excluding carboxylic acids is 2. The Morgan fingerprint density at radius 2 is 1.76 bits per heavy atom. The van der Waals surface area contributed by atoms with Crippen LogP contribution in [-0.2, 0) is 16.1 Å². The molecular weight excluding hydrogens is 621 g/mol. The Balaban J connectivity index is 0.889. The molecule has 2 bridgehead atoms. The van der Waals surface area contributed by atoms with Gasteiger partial charge in [-0.05, 0) is 37.8 Å². The van der Waals surface area contributed by atoms with Gasteiger partial charge in [-0.3, -0.25) is 19.2 Å². The van der Waals surface area contributed by atoms with Crippen LogP contribution in [0.3, 0.4) is 0 Å². The first-order chi connectivity index (χ1) is 22.2. The number of piperazine rings is 2. The van der Waals surface area contributed by atoms with Crippen molar-refractivity contribution < 1.29 is 22.8 Å². The molecule has 2 atom stereocenters. The lowest BCUT2D eigenvalue weighted by atomic mass is 9.73. The summed E-state index contributed by atoms with van der Waals surface area (Å²) < 4.78 is 42.4. The van der Waals surface area contributed by atoms with E-state index in [1.807, 2.05) is 39.9 Å². The van der Waals surface area contributed by atoms with Crippen molar-refractivity contribution in [2.75, 3.05) is 61.0 Å². The molecule has 5 fully saturated rings. The SMILES string of the molecule is O=C(Cn1cc(Nc2nc3c(N4CC5CCC(C4)N5C(=O)C4CC(C(F)(F)F)C4)cccn3n2)cn1)N1CCN(C2CSC2)CC1. The van der Waals surface area contributed by atoms with E-state index in [1.165, 1.54) is 11.5 Å². The normalized spacial score (nSPS) is 27.2. The smallest absolute Gasteiger partial charge is 0.364 e. The number of amides is 2. The summed E-state index contributed by atoms with van der Waals surface area (Å²) in [4.78, 5) is 39.4. The molecule has 0 aromatic carbocycles. The zero-order valence-electron chi connectivity index (χ0n) is 25.3. The van der Waals surface area contributed by atoms with Gasteiger partial charge in [-0.15, -0.1) is 5.10 Å². The lowest BCUT2D eigenvalue weighted by Crippen LogP contribution is -2.58. The quantitative estimate of drug-likeness (QED) is 0.410. The van der Waals surface area contributed by atoms with Crippen molar-refractivity contribution in [2.24, 2.45) is 11.8 Å². The maximum absolute atomic E-state index is 13.2. The average Bonchev–Trinajstić information content (AvgIpc) is 3.66. The number of pyridine rings is 1. The van der Waals surface area contributed by atoms with Crippen LogP contribution in [0, 0.1) is 11.8 Å². The summed E-state index contributed by atoms with van der Waals surface area (Å²) in [5.41, 5.74) is 2.23. The lowest BCUT2D eigenvalue weighted by Gasteiger charge is -2.45. The highest BCUT2D eigenvalue weighted by Crippen LogP contribution is 2.47. The van der Waals surface area contributed by atoms with Crippen molar-refractivity contribution in [1.29, 1.82) is 0 Å². The molecule has 16 heteroatoms. The number of thioether (sulfide) groups is 1. The molecule has 1 aliphatic carbocycles. The summed E-state index contributed by atoms with van der Waals surface area (Å²) in [6, 6.07) is 4.49. The minimum atomic E-state index is -4.22. The van der Waals surface area contributed by atoms with E-state index < -0.39 is 18.0 Å². The number of hydrogen-bond donors (Lipinski definition) is 1. The van der Waals surface area contributed by atoms with Gasteiger partial charge in [-0.25, -0.2) is 4.52 Å². The second-order valence-corrected chi connectivity index (χ2v) is 14.3. The van der Waals surface area contributed by atoms with Crippen LogP contribution in [0.15, 0.2) is 30.7 Å². The Bertz CT molecular complexity index is 1600. The van der Waals surface area contributed by atoms with Crippen molar-refractivity contribution in [3.63, 3.8) is 0 Å². The predicted molar refractivity (Wildman–Crippen MR) is 166 cm³/mol. The molecule has 7 heterocycles. The van der Waals surface area contributed by atoms with E-state index >= 15 is 0 Å². The summed E-state index contributed by atoms with van der Waals surface area (Å²) in [6.07, 6.45) is 2.53. The number of hydrogen-bond acceptors (Lipinski definition) is 9. The Labute approximate surface area is 268 Å². The molecule has 1 saturated carbocycles. The van der Waals surface area contributed by atoms with Gasteiger partial charge in [0.25, 0.3) is 0 Å². The number of nitrogens with zero attached hydrogens (tertiary/aromatic N) is 9. The number of alkyl halides is 3. The van der Waals surface area contributed by atoms with Crippen molar-refractivity contribution in [1.82, 2.24) is 39.1 Å². The number of carbonyl (C=O) groups is 2. The monoisotopic (exact) mass is 658 g/mol. The molecule has 246 valence electrons. The number of nitrogens with one attached hydrogen (secondary N) is 1. The topological polar surface area (TPSA) is 107 Å². The number of aromatic nitrogens is 5. The van der Waals surface area contributed by atoms with E-state index in [0.717, 1.165) is 44.7 Å². The fraction of sp³-hybridized carbons (Fsp3) is 0.633. The molecule has 8 rings (SSSR count). The van der Waals surface area contributed by atoms with Crippen molar-refractivity contribution in [3.8, 4) is 0 Å². The molecule has 5 aliphatic rings. The summed E-state index contributed by atoms with van der Waals surface area (Å²) >= 11 is 1.98. The van der Waals surface area contributed by atoms with Crippen LogP contribution in [-0.4, -0.2) is 126 Å². The molecule has 3 aromatic heterocycles. The summed E-state index contributed by atoms with van der Waals surface area (Å²) in [5.74, 6) is 0.842. The van der Waals surface area contributed by atoms with Gasteiger partial charge in [0.2, 0.25) is 17.8 Å². The third-order valence-corrected chi connectivity index (χ3v) is 11.6. The van der Waals surface area contributed by atoms with E-state index in [9.17, 15) is 22.8 Å². The molecule has 46 heavy (non-hydrogen) atoms. The van der Waals surface area contributed by atoms with Crippen LogP contribution in [0.5, 0.6) is 0 Å². The van der Waals surface area contributed by atoms with Gasteiger partial charge in [0, 0.05) is 87.2 Å². The molecule has 2 amide bonds. The summed E-state index contributed by atoms with van der Waals surface area (Å²) in [7, 11) is 0. The van der Waals surface area contributed by atoms with Crippen molar-refractivity contribution in [2.45, 2.75) is 56.5 Å². The first-order valence-corrected chi connectivity index (χ1v) is 17.2. The minimum Gasteiger partial charge on any atom is -0.364 e. The van der Waals surface area contributed by atoms with Crippen LogP contribution < -0.4 is 10.2 Å². The lowest BCUT2D eigenvalue weighted by molar-refractivity contribution is -0.207. The number of rotatable bonds is 7. The second kappa shape index (κ2) is 11.6. The molecule has 12 nitrogen and oxygen atoms in total. The molecule has 1 N–H and O–H groups in total. The van der Waals surface area contributed by atoms with Crippen molar-refractivity contribution >= 4 is 46.5 Å². The number of halogens is 3. The Morgan fingerprint density at radius 3 is 2.43 bits per heavy atom. The van der Waals surface area contributed by atoms with Crippen LogP contribution in [0.1, 0.15) is 25.7 Å². The molecule has 2 unspecified atom stereocenters. The predicted octanol–water partition coefficient (Wildman–Crippen LogP) is 2.70. The molecule has 4 saturated heterocycles. The standard InChI is InChI=1S/C30H37F3N10O2S/c31-30(32,33)20-10-19(11-20)28(45)43-22-3-4-23(43)15-40(14-22)25-2-1-5-42-27(25)36-29(37-42)35-21-12-34-41(13-21)16-26(44)39-8-6-38(7-9-39)24-17-46-18-24/h1-2,5,12-13,19-20,22-24H,3-4,6-11,14-18H2,(H,35,37). The highest BCUT2D eigenvalue weighted by Gasteiger charge is 2.53. The molecular formula is C30H37F3N10O2S. The Kier molecular flexibility index (Phi) is 7.54. The number of anilines is 3. The zero-order chi connectivity index (χ0) is 31.6. The molecule has 0 radical (unpaired) electrons. The van der Waals surface area contributed by atoms with Gasteiger partial charge >= 0.3 is 6.18 Å². The summed E-state index contributed by atoms with van der Waals surface area (Å²) in [6.45, 7) is 4.71. The first-order valence-electron chi connectivity index (χ1n) is 16.1. The van der Waals surface area contributed by atoms with Gasteiger partial charge in [0.15, 0.2) is 5.65 Å². The van der Waals surface area contributed by atoms with Gasteiger partial charge in [0.1, 0.15) is 6.54 Å². The second-order valence-electron chi connectivity index (χ2n) is 13.2. The largest absolute Gasteiger partial charge is 0.391 e. The fourth-order valence-corrected chi connectivity index (χ4v) is 8.47. The van der Waals surface area contributed by atoms with Crippen LogP contribution in [0.2, 0.25) is 0 Å². The maximum Gasteiger partial charge on any atom is 0.391 e. The highest BCUT2D eigenvalue weighted by molar-refractivity contribution is 8.00. The van der Waals surface area contributed by atoms with Crippen LogP contribution in [0.4, 0.5) is 30.5 Å². The third kappa shape index (κ3) is 5.56. The summed E-state index contributed by atoms with van der Waals surface area (Å²) in [5, 5.41) is 12.2. The van der Waals surface area contributed by atoms with E-state index in [0.29, 0.717) is 36.4 Å². The zero-order valence-corrected chi connectivity index (χ0v) is 26.2. The first kappa shape index (κ1) is 29.8. The highest BCUT2D eigenvalue weighted by atomic mass is 32.2. The maximum atomic E-state index is 13.2. The number of fused-ring (bicyclic) bond motifs is 3. The third-order valence-electron chi connectivity index (χ3n) is 10.4. The fourth-order valence-electron chi connectivity index (χ4n) is 7.60. The van der Waals surface area contributed by atoms with E-state index in [2.05, 4.69) is 25.3 Å².